The smallest absolute Gasteiger partial charge is 0.460 e. The summed E-state index contributed by atoms with van der Waals surface area (Å²) < 4.78 is 559. The Labute approximate surface area is 487 Å². The standard InChI is InChI=1S/C45H24F32O13S2/c1-84-26-13-3-18(15-20(26)17-28(46,47)89-42(70,71)44(74,75)91(78,79)80)19-4-14-27(25(16-19)30(48,49)41(68,69)90-43(72,73)45(76,77)92(81,82)83)88-38(61)34(56,57)33(54,55)37(38,60)87-24-11-7-22(8-12-24)29(39(62,63)64,40(65,66)67)21-5-9-23(10-6-21)86-36(59)32(52,53)31(50,51)35(36,58)85-2/h3-16H,17H2,1-2H3,(H,78,79,80)(H,81,82,83). The molecule has 47 heteroatoms. The zero-order valence-electron chi connectivity index (χ0n) is 43.1. The molecule has 2 saturated carbocycles. The summed E-state index contributed by atoms with van der Waals surface area (Å²) in [6, 6.07) is -5.48. The van der Waals surface area contributed by atoms with Gasteiger partial charge in [0.15, 0.2) is 0 Å². The quantitative estimate of drug-likeness (QED) is 0.0531. The number of alkyl halides is 32. The molecule has 0 spiro atoms. The van der Waals surface area contributed by atoms with Crippen LogP contribution in [0.5, 0.6) is 23.0 Å². The highest BCUT2D eigenvalue weighted by molar-refractivity contribution is 7.87. The highest BCUT2D eigenvalue weighted by atomic mass is 32.2. The summed E-state index contributed by atoms with van der Waals surface area (Å²) in [4.78, 5) is 0. The molecular weight excluding hydrogens is 1420 g/mol. The lowest BCUT2D eigenvalue weighted by Crippen LogP contribution is -2.89. The Morgan fingerprint density at radius 1 is 0.413 bits per heavy atom. The highest BCUT2D eigenvalue weighted by Crippen LogP contribution is 2.71. The molecule has 518 valence electrons. The molecule has 92 heavy (non-hydrogen) atoms. The molecule has 0 aliphatic heterocycles. The molecule has 2 N–H and O–H groups in total. The van der Waals surface area contributed by atoms with Gasteiger partial charge in [0, 0.05) is 12.7 Å². The Morgan fingerprint density at radius 2 is 0.750 bits per heavy atom. The van der Waals surface area contributed by atoms with E-state index in [9.17, 15) is 109 Å². The first-order valence-electron chi connectivity index (χ1n) is 22.8. The van der Waals surface area contributed by atoms with Gasteiger partial charge in [0.2, 0.25) is 5.41 Å². The molecule has 0 radical (unpaired) electrons. The van der Waals surface area contributed by atoms with Gasteiger partial charge >= 0.3 is 121 Å². The van der Waals surface area contributed by atoms with Crippen LogP contribution in [0, 0.1) is 0 Å². The van der Waals surface area contributed by atoms with Crippen molar-refractivity contribution in [2.45, 2.75) is 112 Å². The van der Waals surface area contributed by atoms with E-state index in [1.807, 2.05) is 4.74 Å². The molecule has 0 aromatic heterocycles. The Kier molecular flexibility index (Phi) is 17.5. The topological polar surface area (TPSA) is 173 Å². The molecular formula is C45H24F32O13S2. The Morgan fingerprint density at radius 3 is 1.11 bits per heavy atom. The zero-order valence-corrected chi connectivity index (χ0v) is 44.7. The monoisotopic (exact) mass is 1440 g/mol. The fourth-order valence-electron chi connectivity index (χ4n) is 8.53. The second-order valence-corrected chi connectivity index (χ2v) is 21.8. The average Bonchev–Trinajstić information content (AvgIpc) is 0.662. The molecule has 0 saturated heterocycles. The van der Waals surface area contributed by atoms with Gasteiger partial charge in [0.05, 0.1) is 19.1 Å². The van der Waals surface area contributed by atoms with Crippen molar-refractivity contribution in [2.24, 2.45) is 0 Å². The van der Waals surface area contributed by atoms with Crippen LogP contribution in [0.1, 0.15) is 22.3 Å². The predicted octanol–water partition coefficient (Wildman–Crippen LogP) is 14.5. The van der Waals surface area contributed by atoms with Gasteiger partial charge in [0.1, 0.15) is 23.0 Å². The second-order valence-electron chi connectivity index (χ2n) is 18.8. The fourth-order valence-corrected chi connectivity index (χ4v) is 9.21. The van der Waals surface area contributed by atoms with Crippen LogP contribution in [0.2, 0.25) is 0 Å². The van der Waals surface area contributed by atoms with E-state index < -0.39 is 237 Å². The molecule has 4 atom stereocenters. The second kappa shape index (κ2) is 21.5. The van der Waals surface area contributed by atoms with E-state index >= 15 is 48.3 Å². The molecule has 2 fully saturated rings. The summed E-state index contributed by atoms with van der Waals surface area (Å²) in [5.41, 5.74) is -18.3. The number of halogens is 32. The molecule has 4 unspecified atom stereocenters. The number of benzene rings is 4. The summed E-state index contributed by atoms with van der Waals surface area (Å²) in [5, 5.41) is -14.4. The van der Waals surface area contributed by atoms with Crippen molar-refractivity contribution < 1.29 is 200 Å². The number of rotatable bonds is 23. The maximum Gasteiger partial charge on any atom is 0.460 e. The maximum absolute atomic E-state index is 16.7. The lowest BCUT2D eigenvalue weighted by atomic mass is 9.72. The van der Waals surface area contributed by atoms with Gasteiger partial charge in [-0.3, -0.25) is 9.11 Å². The third-order valence-corrected chi connectivity index (χ3v) is 15.0. The zero-order chi connectivity index (χ0) is 71.3. The van der Waals surface area contributed by atoms with Crippen LogP contribution < -0.4 is 18.9 Å². The van der Waals surface area contributed by atoms with E-state index in [1.165, 1.54) is 0 Å². The molecule has 0 amide bonds. The molecule has 13 nitrogen and oxygen atoms in total. The first-order chi connectivity index (χ1) is 40.8. The number of ether oxygens (including phenoxy) is 7. The van der Waals surface area contributed by atoms with Crippen LogP contribution >= 0.6 is 0 Å². The third kappa shape index (κ3) is 10.4. The molecule has 6 rings (SSSR count). The minimum atomic E-state index is -7.80. The molecule has 0 heterocycles. The van der Waals surface area contributed by atoms with E-state index in [1.54, 1.807) is 0 Å². The van der Waals surface area contributed by atoms with E-state index in [0.717, 1.165) is 0 Å². The maximum atomic E-state index is 16.7. The van der Waals surface area contributed by atoms with Crippen molar-refractivity contribution in [3.05, 3.63) is 107 Å². The summed E-state index contributed by atoms with van der Waals surface area (Å²) in [6.07, 6.45) is -44.6. The first kappa shape index (κ1) is 74.6. The SMILES string of the molecule is COc1ccc(-c2ccc(OC3(F)C(F)(F)C(F)(F)C3(F)Oc3ccc(C(c4ccc(OC5(F)C(F)(F)C(F)(F)C5(F)OC)cc4)(C(F)(F)F)C(F)(F)F)cc3)c(C(F)(F)C(F)(F)OC(F)(F)C(F)(F)S(=O)(=O)O)c2)cc1CC(F)(F)OC(F)(F)C(F)(F)S(=O)(=O)O. The minimum Gasteiger partial charge on any atom is -0.496 e. The van der Waals surface area contributed by atoms with Gasteiger partial charge in [0.25, 0.3) is 0 Å². The summed E-state index contributed by atoms with van der Waals surface area (Å²) >= 11 is 0. The fraction of sp³-hybridized carbons (Fsp3) is 0.467. The highest BCUT2D eigenvalue weighted by Gasteiger charge is 3.04. The Hall–Kier alpha value is -6.46. The van der Waals surface area contributed by atoms with Gasteiger partial charge < -0.3 is 23.7 Å². The lowest BCUT2D eigenvalue weighted by Gasteiger charge is -2.55. The van der Waals surface area contributed by atoms with Crippen LogP contribution in [-0.2, 0) is 52.2 Å². The normalized spacial score (nSPS) is 24.1. The average molecular weight is 1440 g/mol. The number of methoxy groups -OCH3 is 2. The van der Waals surface area contributed by atoms with Gasteiger partial charge in [-0.1, -0.05) is 36.4 Å². The molecule has 0 bridgehead atoms. The molecule has 2 aliphatic carbocycles. The summed E-state index contributed by atoms with van der Waals surface area (Å²) in [6.45, 7) is 0. The van der Waals surface area contributed by atoms with Crippen molar-refractivity contribution in [1.29, 1.82) is 0 Å². The predicted molar refractivity (Wildman–Crippen MR) is 231 cm³/mol. The van der Waals surface area contributed by atoms with Crippen molar-refractivity contribution in [1.82, 2.24) is 0 Å². The van der Waals surface area contributed by atoms with Gasteiger partial charge in [-0.25, -0.2) is 9.47 Å². The van der Waals surface area contributed by atoms with Crippen molar-refractivity contribution in [3.8, 4) is 34.1 Å². The van der Waals surface area contributed by atoms with Crippen LogP contribution in [0.4, 0.5) is 140 Å². The van der Waals surface area contributed by atoms with Crippen LogP contribution in [-0.4, -0.2) is 135 Å². The van der Waals surface area contributed by atoms with Gasteiger partial charge in [-0.15, -0.1) is 0 Å². The Bertz CT molecular complexity index is 3690. The Balaban J connectivity index is 1.47. The largest absolute Gasteiger partial charge is 0.496 e. The van der Waals surface area contributed by atoms with Crippen molar-refractivity contribution in [3.63, 3.8) is 0 Å². The van der Waals surface area contributed by atoms with E-state index in [2.05, 4.69) is 28.4 Å². The van der Waals surface area contributed by atoms with E-state index in [4.69, 9.17) is 9.11 Å². The third-order valence-electron chi connectivity index (χ3n) is 13.3. The summed E-state index contributed by atoms with van der Waals surface area (Å²) in [5.74, 6) is -66.6. The van der Waals surface area contributed by atoms with E-state index in [0.29, 0.717) is 7.11 Å². The van der Waals surface area contributed by atoms with Gasteiger partial charge in [-0.05, 0) is 70.8 Å². The van der Waals surface area contributed by atoms with Crippen LogP contribution in [0.3, 0.4) is 0 Å². The van der Waals surface area contributed by atoms with Crippen molar-refractivity contribution in [2.75, 3.05) is 14.2 Å². The molecule has 2 aliphatic rings. The summed E-state index contributed by atoms with van der Waals surface area (Å²) in [7, 11) is -14.8. The first-order valence-corrected chi connectivity index (χ1v) is 25.7. The van der Waals surface area contributed by atoms with Crippen molar-refractivity contribution >= 4 is 20.2 Å². The molecule has 4 aromatic carbocycles. The minimum absolute atomic E-state index is 0.0680. The van der Waals surface area contributed by atoms with Crippen LogP contribution in [0.15, 0.2) is 84.9 Å². The number of hydrogen-bond donors (Lipinski definition) is 2. The molecule has 4 aromatic rings. The number of hydrogen-bond acceptors (Lipinski definition) is 11. The van der Waals surface area contributed by atoms with Crippen LogP contribution in [0.25, 0.3) is 11.1 Å². The lowest BCUT2D eigenvalue weighted by molar-refractivity contribution is -0.538. The van der Waals surface area contributed by atoms with E-state index in [-0.39, 0.29) is 43.5 Å². The van der Waals surface area contributed by atoms with Gasteiger partial charge in [-0.2, -0.15) is 157 Å².